The van der Waals surface area contributed by atoms with Gasteiger partial charge in [-0.2, -0.15) is 0 Å². The van der Waals surface area contributed by atoms with Crippen LogP contribution in [0.25, 0.3) is 0 Å². The third-order valence-electron chi connectivity index (χ3n) is 3.26. The van der Waals surface area contributed by atoms with Crippen molar-refractivity contribution in [3.63, 3.8) is 0 Å². The molecule has 14 heavy (non-hydrogen) atoms. The molecule has 3 atom stereocenters. The van der Waals surface area contributed by atoms with E-state index in [1.807, 2.05) is 0 Å². The van der Waals surface area contributed by atoms with Gasteiger partial charge in [0.1, 0.15) is 6.04 Å². The molecule has 0 heterocycles. The van der Waals surface area contributed by atoms with E-state index in [0.29, 0.717) is 5.92 Å². The highest BCUT2D eigenvalue weighted by Gasteiger charge is 2.41. The van der Waals surface area contributed by atoms with Gasteiger partial charge in [0.2, 0.25) is 0 Å². The summed E-state index contributed by atoms with van der Waals surface area (Å²) >= 11 is 0. The maximum Gasteiger partial charge on any atom is 0.110 e. The van der Waals surface area contributed by atoms with Crippen molar-refractivity contribution in [2.75, 3.05) is 7.11 Å². The monoisotopic (exact) mass is 196 g/mol. The van der Waals surface area contributed by atoms with Gasteiger partial charge in [-0.1, -0.05) is 25.7 Å². The topological polar surface area (TPSA) is 47.3 Å². The molecule has 0 saturated heterocycles. The average molecular weight is 196 g/mol. The van der Waals surface area contributed by atoms with Gasteiger partial charge in [0.25, 0.3) is 0 Å². The zero-order chi connectivity index (χ0) is 10.6. The molecule has 80 valence electrons. The molecule has 0 amide bonds. The van der Waals surface area contributed by atoms with Crippen LogP contribution >= 0.6 is 0 Å². The quantitative estimate of drug-likeness (QED) is 0.403. The Bertz CT molecular complexity index is 224. The molecule has 3 heteroatoms. The predicted octanol–water partition coefficient (Wildman–Crippen LogP) is 1.05. The fourth-order valence-electron chi connectivity index (χ4n) is 2.46. The standard InChI is InChI=1S/C11H20N2O/c1-4-10(13-12)11(14-3)7-5-6-9(2)8-11/h1,9-10,13H,5-8,12H2,2-3H3. The Labute approximate surface area is 86.4 Å². The summed E-state index contributed by atoms with van der Waals surface area (Å²) < 4.78 is 5.61. The minimum absolute atomic E-state index is 0.185. The molecule has 1 aliphatic carbocycles. The minimum Gasteiger partial charge on any atom is -0.376 e. The highest BCUT2D eigenvalue weighted by Crippen LogP contribution is 2.36. The number of hydrazine groups is 1. The second-order valence-corrected chi connectivity index (χ2v) is 4.24. The van der Waals surface area contributed by atoms with Crippen LogP contribution in [0.1, 0.15) is 32.6 Å². The molecule has 0 aliphatic heterocycles. The van der Waals surface area contributed by atoms with Crippen molar-refractivity contribution in [2.45, 2.75) is 44.2 Å². The lowest BCUT2D eigenvalue weighted by atomic mass is 9.75. The van der Waals surface area contributed by atoms with Crippen LogP contribution in [0.15, 0.2) is 0 Å². The van der Waals surface area contributed by atoms with Crippen molar-refractivity contribution in [1.29, 1.82) is 0 Å². The zero-order valence-electron chi connectivity index (χ0n) is 9.05. The molecule has 0 bridgehead atoms. The average Bonchev–Trinajstić information content (AvgIpc) is 2.19. The van der Waals surface area contributed by atoms with Crippen molar-refractivity contribution in [3.8, 4) is 12.3 Å². The van der Waals surface area contributed by atoms with E-state index in [-0.39, 0.29) is 11.6 Å². The number of methoxy groups -OCH3 is 1. The first kappa shape index (κ1) is 11.5. The smallest absolute Gasteiger partial charge is 0.110 e. The third kappa shape index (κ3) is 2.09. The second kappa shape index (κ2) is 4.79. The molecule has 0 aromatic heterocycles. The molecular formula is C11H20N2O. The summed E-state index contributed by atoms with van der Waals surface area (Å²) in [6.45, 7) is 2.23. The van der Waals surface area contributed by atoms with Gasteiger partial charge in [-0.05, 0) is 18.8 Å². The normalized spacial score (nSPS) is 34.9. The van der Waals surface area contributed by atoms with Crippen LogP contribution in [0.4, 0.5) is 0 Å². The summed E-state index contributed by atoms with van der Waals surface area (Å²) in [6, 6.07) is -0.185. The summed E-state index contributed by atoms with van der Waals surface area (Å²) in [5, 5.41) is 0. The van der Waals surface area contributed by atoms with Crippen LogP contribution in [0.2, 0.25) is 0 Å². The Morgan fingerprint density at radius 1 is 1.71 bits per heavy atom. The van der Waals surface area contributed by atoms with Crippen LogP contribution in [-0.4, -0.2) is 18.8 Å². The van der Waals surface area contributed by atoms with Gasteiger partial charge in [-0.25, -0.2) is 5.43 Å². The zero-order valence-corrected chi connectivity index (χ0v) is 9.05. The maximum absolute atomic E-state index is 5.61. The van der Waals surface area contributed by atoms with Crippen molar-refractivity contribution in [1.82, 2.24) is 5.43 Å². The van der Waals surface area contributed by atoms with Crippen molar-refractivity contribution < 1.29 is 4.74 Å². The summed E-state index contributed by atoms with van der Waals surface area (Å²) in [5.74, 6) is 8.78. The molecule has 1 saturated carbocycles. The van der Waals surface area contributed by atoms with Crippen LogP contribution in [0.3, 0.4) is 0 Å². The number of terminal acetylenes is 1. The fraction of sp³-hybridized carbons (Fsp3) is 0.818. The molecule has 0 spiro atoms. The van der Waals surface area contributed by atoms with E-state index in [0.717, 1.165) is 19.3 Å². The largest absolute Gasteiger partial charge is 0.376 e. The van der Waals surface area contributed by atoms with E-state index < -0.39 is 0 Å². The van der Waals surface area contributed by atoms with E-state index in [1.165, 1.54) is 6.42 Å². The van der Waals surface area contributed by atoms with E-state index in [1.54, 1.807) is 7.11 Å². The van der Waals surface area contributed by atoms with Gasteiger partial charge in [0.05, 0.1) is 5.60 Å². The first-order chi connectivity index (χ1) is 6.68. The lowest BCUT2D eigenvalue weighted by Crippen LogP contribution is -2.55. The maximum atomic E-state index is 5.61. The van der Waals surface area contributed by atoms with Crippen molar-refractivity contribution in [2.24, 2.45) is 11.8 Å². The molecular weight excluding hydrogens is 176 g/mol. The third-order valence-corrected chi connectivity index (χ3v) is 3.26. The van der Waals surface area contributed by atoms with Crippen LogP contribution in [0, 0.1) is 18.3 Å². The lowest BCUT2D eigenvalue weighted by molar-refractivity contribution is -0.0662. The number of hydrogen-bond donors (Lipinski definition) is 2. The first-order valence-corrected chi connectivity index (χ1v) is 5.16. The number of nitrogens with one attached hydrogen (secondary N) is 1. The first-order valence-electron chi connectivity index (χ1n) is 5.16. The molecule has 1 fully saturated rings. The highest BCUT2D eigenvalue weighted by atomic mass is 16.5. The Morgan fingerprint density at radius 3 is 2.86 bits per heavy atom. The number of nitrogens with two attached hydrogens (primary N) is 1. The van der Waals surface area contributed by atoms with E-state index >= 15 is 0 Å². The molecule has 3 nitrogen and oxygen atoms in total. The van der Waals surface area contributed by atoms with E-state index in [9.17, 15) is 0 Å². The van der Waals surface area contributed by atoms with Gasteiger partial charge >= 0.3 is 0 Å². The van der Waals surface area contributed by atoms with Gasteiger partial charge < -0.3 is 4.74 Å². The Kier molecular flexibility index (Phi) is 3.94. The molecule has 1 rings (SSSR count). The fourth-order valence-corrected chi connectivity index (χ4v) is 2.46. The molecule has 3 unspecified atom stereocenters. The second-order valence-electron chi connectivity index (χ2n) is 4.24. The molecule has 3 N–H and O–H groups in total. The van der Waals surface area contributed by atoms with Crippen LogP contribution in [-0.2, 0) is 4.74 Å². The van der Waals surface area contributed by atoms with Crippen LogP contribution < -0.4 is 11.3 Å². The summed E-state index contributed by atoms with van der Waals surface area (Å²) in [4.78, 5) is 0. The highest BCUT2D eigenvalue weighted by molar-refractivity contribution is 5.11. The minimum atomic E-state index is -0.263. The number of ether oxygens (including phenoxy) is 1. The van der Waals surface area contributed by atoms with Crippen molar-refractivity contribution in [3.05, 3.63) is 0 Å². The van der Waals surface area contributed by atoms with Gasteiger partial charge in [-0.3, -0.25) is 5.84 Å². The lowest BCUT2D eigenvalue weighted by Gasteiger charge is -2.42. The Hall–Kier alpha value is -0.560. The van der Waals surface area contributed by atoms with Gasteiger partial charge in [-0.15, -0.1) is 6.42 Å². The Morgan fingerprint density at radius 2 is 2.43 bits per heavy atom. The number of hydrogen-bond acceptors (Lipinski definition) is 3. The molecule has 0 radical (unpaired) electrons. The Balaban J connectivity index is 2.79. The predicted molar refractivity (Wildman–Crippen MR) is 57.3 cm³/mol. The SMILES string of the molecule is C#CC(NN)C1(OC)CCCC(C)C1. The molecule has 0 aromatic rings. The summed E-state index contributed by atoms with van der Waals surface area (Å²) in [6.07, 6.45) is 9.85. The van der Waals surface area contributed by atoms with E-state index in [2.05, 4.69) is 18.3 Å². The summed E-state index contributed by atoms with van der Waals surface area (Å²) in [7, 11) is 1.72. The van der Waals surface area contributed by atoms with Crippen molar-refractivity contribution >= 4 is 0 Å². The van der Waals surface area contributed by atoms with Gasteiger partial charge in [0, 0.05) is 7.11 Å². The molecule has 1 aliphatic rings. The number of rotatable bonds is 3. The summed E-state index contributed by atoms with van der Waals surface area (Å²) in [5.41, 5.74) is 2.41. The van der Waals surface area contributed by atoms with Gasteiger partial charge in [0.15, 0.2) is 0 Å². The van der Waals surface area contributed by atoms with E-state index in [4.69, 9.17) is 17.0 Å². The van der Waals surface area contributed by atoms with Crippen LogP contribution in [0.5, 0.6) is 0 Å². The molecule has 0 aromatic carbocycles.